The Balaban J connectivity index is 3.97. The molecule has 0 fully saturated rings. The molecule has 0 saturated carbocycles. The number of rotatable bonds is 4. The zero-order chi connectivity index (χ0) is 8.85. The van der Waals surface area contributed by atoms with Crippen molar-refractivity contribution in [2.45, 2.75) is 19.9 Å². The highest BCUT2D eigenvalue weighted by atomic mass is 16.2. The van der Waals surface area contributed by atoms with E-state index in [9.17, 15) is 9.59 Å². The fraction of sp³-hybridized carbons (Fsp3) is 0.500. The van der Waals surface area contributed by atoms with E-state index in [2.05, 4.69) is 11.9 Å². The molecule has 1 N–H and O–H groups in total. The molecular weight excluding hydrogens is 142 g/mol. The first-order chi connectivity index (χ1) is 5.11. The minimum absolute atomic E-state index is 0.122. The van der Waals surface area contributed by atoms with Crippen LogP contribution in [0.15, 0.2) is 12.7 Å². The highest BCUT2D eigenvalue weighted by Gasteiger charge is 2.12. The summed E-state index contributed by atoms with van der Waals surface area (Å²) in [5, 5.41) is 2.49. The van der Waals surface area contributed by atoms with Gasteiger partial charge in [-0.25, -0.2) is 0 Å². The Morgan fingerprint density at radius 2 is 2.09 bits per heavy atom. The third kappa shape index (κ3) is 3.55. The third-order valence-electron chi connectivity index (χ3n) is 1.36. The van der Waals surface area contributed by atoms with Crippen molar-refractivity contribution in [1.29, 1.82) is 0 Å². The molecule has 1 atom stereocenters. The van der Waals surface area contributed by atoms with Crippen molar-refractivity contribution in [2.75, 3.05) is 0 Å². The molecule has 11 heavy (non-hydrogen) atoms. The van der Waals surface area contributed by atoms with Gasteiger partial charge in [0.15, 0.2) is 0 Å². The van der Waals surface area contributed by atoms with Crippen LogP contribution in [-0.4, -0.2) is 18.2 Å². The lowest BCUT2D eigenvalue weighted by Crippen LogP contribution is -2.38. The van der Waals surface area contributed by atoms with Crippen LogP contribution in [0.5, 0.6) is 0 Å². The molecule has 1 amide bonds. The first-order valence-corrected chi connectivity index (χ1v) is 3.50. The first kappa shape index (κ1) is 9.88. The van der Waals surface area contributed by atoms with Crippen molar-refractivity contribution >= 4 is 12.2 Å². The summed E-state index contributed by atoms with van der Waals surface area (Å²) < 4.78 is 0. The molecule has 0 radical (unpaired) electrons. The van der Waals surface area contributed by atoms with Crippen LogP contribution in [0.1, 0.15) is 13.8 Å². The first-order valence-electron chi connectivity index (χ1n) is 3.50. The highest BCUT2D eigenvalue weighted by Crippen LogP contribution is 1.97. The zero-order valence-electron chi connectivity index (χ0n) is 6.83. The minimum atomic E-state index is -0.402. The van der Waals surface area contributed by atoms with E-state index in [1.54, 1.807) is 0 Å². The summed E-state index contributed by atoms with van der Waals surface area (Å²) in [6, 6.07) is -0.402. The van der Waals surface area contributed by atoms with Crippen molar-refractivity contribution in [3.8, 4) is 0 Å². The highest BCUT2D eigenvalue weighted by molar-refractivity contribution is 5.88. The van der Waals surface area contributed by atoms with Gasteiger partial charge < -0.3 is 10.1 Å². The van der Waals surface area contributed by atoms with Crippen molar-refractivity contribution in [3.05, 3.63) is 12.7 Å². The van der Waals surface area contributed by atoms with Gasteiger partial charge in [-0.05, 0) is 12.0 Å². The van der Waals surface area contributed by atoms with Gasteiger partial charge in [0.1, 0.15) is 6.29 Å². The quantitative estimate of drug-likeness (QED) is 0.475. The molecule has 0 aliphatic carbocycles. The van der Waals surface area contributed by atoms with Gasteiger partial charge in [-0.15, -0.1) is 0 Å². The van der Waals surface area contributed by atoms with Crippen LogP contribution >= 0.6 is 0 Å². The average Bonchev–Trinajstić information content (AvgIpc) is 1.99. The van der Waals surface area contributed by atoms with Crippen molar-refractivity contribution < 1.29 is 9.59 Å². The average molecular weight is 155 g/mol. The van der Waals surface area contributed by atoms with Crippen LogP contribution in [0.25, 0.3) is 0 Å². The standard InChI is InChI=1S/C8H13NO2/c1-4-8(11)9-7(5-10)6(2)3/h4-7H,1H2,2-3H3,(H,9,11). The van der Waals surface area contributed by atoms with E-state index in [1.807, 2.05) is 13.8 Å². The summed E-state index contributed by atoms with van der Waals surface area (Å²) in [5.74, 6) is -0.188. The molecule has 62 valence electrons. The van der Waals surface area contributed by atoms with E-state index in [-0.39, 0.29) is 11.8 Å². The van der Waals surface area contributed by atoms with Gasteiger partial charge in [-0.2, -0.15) is 0 Å². The summed E-state index contributed by atoms with van der Waals surface area (Å²) in [6.07, 6.45) is 1.88. The van der Waals surface area contributed by atoms with Gasteiger partial charge in [0.25, 0.3) is 0 Å². The summed E-state index contributed by atoms with van der Waals surface area (Å²) in [7, 11) is 0. The largest absolute Gasteiger partial charge is 0.343 e. The lowest BCUT2D eigenvalue weighted by atomic mass is 10.1. The lowest BCUT2D eigenvalue weighted by Gasteiger charge is -2.14. The second-order valence-electron chi connectivity index (χ2n) is 2.62. The predicted octanol–water partition coefficient (Wildman–Crippen LogP) is 0.512. The van der Waals surface area contributed by atoms with Gasteiger partial charge in [0.2, 0.25) is 5.91 Å². The van der Waals surface area contributed by atoms with E-state index in [4.69, 9.17) is 0 Å². The summed E-state index contributed by atoms with van der Waals surface area (Å²) in [6.45, 7) is 7.01. The Labute approximate surface area is 66.5 Å². The summed E-state index contributed by atoms with van der Waals surface area (Å²) in [5.41, 5.74) is 0. The molecule has 0 aromatic heterocycles. The minimum Gasteiger partial charge on any atom is -0.343 e. The smallest absolute Gasteiger partial charge is 0.243 e. The number of aldehydes is 1. The fourth-order valence-electron chi connectivity index (χ4n) is 0.581. The van der Waals surface area contributed by atoms with Gasteiger partial charge >= 0.3 is 0 Å². The van der Waals surface area contributed by atoms with Crippen molar-refractivity contribution in [1.82, 2.24) is 5.32 Å². The van der Waals surface area contributed by atoms with Gasteiger partial charge in [-0.1, -0.05) is 20.4 Å². The van der Waals surface area contributed by atoms with E-state index in [1.165, 1.54) is 0 Å². The molecule has 0 aliphatic rings. The second kappa shape index (κ2) is 4.66. The van der Waals surface area contributed by atoms with Crippen LogP contribution in [0.4, 0.5) is 0 Å². The maximum atomic E-state index is 10.7. The van der Waals surface area contributed by atoms with Crippen LogP contribution in [0.3, 0.4) is 0 Å². The van der Waals surface area contributed by atoms with E-state index < -0.39 is 6.04 Å². The lowest BCUT2D eigenvalue weighted by molar-refractivity contribution is -0.120. The maximum Gasteiger partial charge on any atom is 0.243 e. The predicted molar refractivity (Wildman–Crippen MR) is 43.0 cm³/mol. The maximum absolute atomic E-state index is 10.7. The van der Waals surface area contributed by atoms with Crippen LogP contribution in [0.2, 0.25) is 0 Å². The Hall–Kier alpha value is -1.12. The molecule has 0 aliphatic heterocycles. The number of carbonyl (C=O) groups is 2. The molecule has 0 aromatic rings. The monoisotopic (exact) mass is 155 g/mol. The Morgan fingerprint density at radius 3 is 2.36 bits per heavy atom. The fourth-order valence-corrected chi connectivity index (χ4v) is 0.581. The van der Waals surface area contributed by atoms with E-state index >= 15 is 0 Å². The van der Waals surface area contributed by atoms with Crippen LogP contribution in [0, 0.1) is 5.92 Å². The molecule has 0 spiro atoms. The van der Waals surface area contributed by atoms with Crippen molar-refractivity contribution in [2.24, 2.45) is 5.92 Å². The molecule has 0 saturated heterocycles. The molecule has 3 heteroatoms. The zero-order valence-corrected chi connectivity index (χ0v) is 6.83. The molecule has 1 unspecified atom stereocenters. The number of hydrogen-bond acceptors (Lipinski definition) is 2. The molecule has 0 aromatic carbocycles. The van der Waals surface area contributed by atoms with E-state index in [0.717, 1.165) is 12.4 Å². The molecule has 0 rings (SSSR count). The third-order valence-corrected chi connectivity index (χ3v) is 1.36. The Bertz CT molecular complexity index is 163. The van der Waals surface area contributed by atoms with E-state index in [0.29, 0.717) is 0 Å². The Morgan fingerprint density at radius 1 is 1.55 bits per heavy atom. The number of carbonyl (C=O) groups excluding carboxylic acids is 2. The molecule has 0 heterocycles. The van der Waals surface area contributed by atoms with Crippen molar-refractivity contribution in [3.63, 3.8) is 0 Å². The van der Waals surface area contributed by atoms with Gasteiger partial charge in [0, 0.05) is 0 Å². The van der Waals surface area contributed by atoms with Crippen LogP contribution < -0.4 is 5.32 Å². The number of hydrogen-bond donors (Lipinski definition) is 1. The number of amides is 1. The summed E-state index contributed by atoms with van der Waals surface area (Å²) in [4.78, 5) is 21.0. The molecular formula is C8H13NO2. The second-order valence-corrected chi connectivity index (χ2v) is 2.62. The van der Waals surface area contributed by atoms with Gasteiger partial charge in [-0.3, -0.25) is 4.79 Å². The molecule has 0 bridgehead atoms. The van der Waals surface area contributed by atoms with Crippen LogP contribution in [-0.2, 0) is 9.59 Å². The normalized spacial score (nSPS) is 12.3. The number of nitrogens with one attached hydrogen (secondary N) is 1. The SMILES string of the molecule is C=CC(=O)NC(C=O)C(C)C. The Kier molecular flexibility index (Phi) is 4.18. The molecule has 3 nitrogen and oxygen atoms in total. The van der Waals surface area contributed by atoms with Gasteiger partial charge in [0.05, 0.1) is 6.04 Å². The summed E-state index contributed by atoms with van der Waals surface area (Å²) >= 11 is 0. The topological polar surface area (TPSA) is 46.2 Å².